The van der Waals surface area contributed by atoms with E-state index in [4.69, 9.17) is 28.4 Å². The van der Waals surface area contributed by atoms with Crippen molar-refractivity contribution in [1.82, 2.24) is 31.9 Å². The number of hydrogen-bond acceptors (Lipinski definition) is 12. The molecule has 2 saturated carbocycles. The van der Waals surface area contributed by atoms with Crippen molar-refractivity contribution in [2.45, 2.75) is 348 Å². The predicted molar refractivity (Wildman–Crippen MR) is 409 cm³/mol. The summed E-state index contributed by atoms with van der Waals surface area (Å²) in [6.07, 6.45) is 16.7. The van der Waals surface area contributed by atoms with Crippen LogP contribution in [0.1, 0.15) is 278 Å². The molecule has 0 aromatic rings. The molecule has 2 rings (SSSR count). The Morgan fingerprint density at radius 1 is 0.408 bits per heavy atom. The molecule has 98 heavy (non-hydrogen) atoms. The van der Waals surface area contributed by atoms with E-state index in [1.54, 1.807) is 24.3 Å². The van der Waals surface area contributed by atoms with Crippen LogP contribution in [0, 0.1) is 28.6 Å². The van der Waals surface area contributed by atoms with E-state index in [0.717, 1.165) is 31.3 Å². The lowest BCUT2D eigenvalue weighted by molar-refractivity contribution is -0.142. The first-order valence-corrected chi connectivity index (χ1v) is 36.2. The first-order valence-electron chi connectivity index (χ1n) is 36.2. The van der Waals surface area contributed by atoms with Gasteiger partial charge in [0.05, 0.1) is 26.4 Å². The summed E-state index contributed by atoms with van der Waals surface area (Å²) in [6, 6.07) is 0. The summed E-state index contributed by atoms with van der Waals surface area (Å²) in [5.41, 5.74) is -0.481. The maximum Gasteiger partial charge on any atom is 0.250 e. The average molecular weight is 1390 g/mol. The number of amides is 6. The zero-order chi connectivity index (χ0) is 77.3. The number of carbonyl (C=O) groups is 6. The number of carbonyl (C=O) groups excluding carboxylic acids is 6. The largest absolute Gasteiger partial charge is 0.368 e. The van der Waals surface area contributed by atoms with Crippen molar-refractivity contribution in [3.05, 3.63) is 62.8 Å². The number of nitrogens with one attached hydrogen (secondary N) is 6. The Balaban J connectivity index is -0.000000542. The van der Waals surface area contributed by atoms with Crippen molar-refractivity contribution in [2.75, 3.05) is 39.6 Å². The summed E-state index contributed by atoms with van der Waals surface area (Å²) in [6.45, 7) is 78.9. The highest BCUT2D eigenvalue weighted by molar-refractivity contribution is 5.84. The third-order valence-electron chi connectivity index (χ3n) is 13.3. The molecule has 0 radical (unpaired) electrons. The second-order valence-electron chi connectivity index (χ2n) is 35.0. The van der Waals surface area contributed by atoms with Crippen LogP contribution in [-0.2, 0) is 57.2 Å². The van der Waals surface area contributed by atoms with Gasteiger partial charge >= 0.3 is 0 Å². The maximum absolute atomic E-state index is 12.2. The summed E-state index contributed by atoms with van der Waals surface area (Å²) < 4.78 is 33.3. The van der Waals surface area contributed by atoms with Gasteiger partial charge in [0.2, 0.25) is 35.4 Å². The Morgan fingerprint density at radius 3 is 0.980 bits per heavy atom. The summed E-state index contributed by atoms with van der Waals surface area (Å²) in [5, 5.41) is 17.7. The van der Waals surface area contributed by atoms with E-state index < -0.39 is 12.2 Å². The summed E-state index contributed by atoms with van der Waals surface area (Å²) in [4.78, 5) is 72.0. The Kier molecular flexibility index (Phi) is 49.8. The molecule has 0 aromatic carbocycles. The van der Waals surface area contributed by atoms with E-state index in [1.807, 2.05) is 180 Å². The van der Waals surface area contributed by atoms with Crippen LogP contribution >= 0.6 is 0 Å². The van der Waals surface area contributed by atoms with Gasteiger partial charge in [0.25, 0.3) is 0 Å². The van der Waals surface area contributed by atoms with Crippen molar-refractivity contribution < 1.29 is 57.2 Å². The van der Waals surface area contributed by atoms with Gasteiger partial charge in [0.1, 0.15) is 36.6 Å². The molecular weight excluding hydrogens is 1240 g/mol. The third kappa shape index (κ3) is 61.2. The minimum absolute atomic E-state index is 0.00116. The van der Waals surface area contributed by atoms with Gasteiger partial charge < -0.3 is 60.3 Å². The fourth-order valence-corrected chi connectivity index (χ4v) is 9.22. The van der Waals surface area contributed by atoms with E-state index in [0.29, 0.717) is 64.3 Å². The van der Waals surface area contributed by atoms with Gasteiger partial charge in [-0.15, -0.1) is 32.9 Å². The molecule has 6 N–H and O–H groups in total. The fourth-order valence-electron chi connectivity index (χ4n) is 9.22. The van der Waals surface area contributed by atoms with Crippen molar-refractivity contribution in [1.29, 1.82) is 0 Å². The zero-order valence-corrected chi connectivity index (χ0v) is 68.2. The molecule has 6 amide bonds. The Hall–Kier alpha value is -4.72. The number of rotatable bonds is 32. The lowest BCUT2D eigenvalue weighted by Crippen LogP contribution is -2.50. The van der Waals surface area contributed by atoms with Gasteiger partial charge in [-0.3, -0.25) is 28.8 Å². The van der Waals surface area contributed by atoms with Crippen LogP contribution in [0.4, 0.5) is 0 Å². The molecule has 2 aliphatic carbocycles. The Labute approximate surface area is 600 Å². The highest BCUT2D eigenvalue weighted by Gasteiger charge is 2.35. The van der Waals surface area contributed by atoms with Gasteiger partial charge in [-0.2, -0.15) is 0 Å². The molecule has 0 aromatic heterocycles. The summed E-state index contributed by atoms with van der Waals surface area (Å²) in [5.74, 6) is 1.37. The standard InChI is InChI=1S/C15H27NO2.C14H27NO2.C13H23NO2.C13H27NO2.C13H23NO2.C12H25NO2/c1-5-10-18-13(11-12-8-6-7-9-12)14(17)16-15(2,3)4;1-8-9-17-11(10-13(2,3)4)12(16)15-14(5,6)7;1-5-8-16-11(9-10-6-7-10)12(15)14-13(2,3)4;1-8-9-16-10(12(2,3)4)11(15)14-13(5,6)7;1-7-8-16-11(9-10(2)3)12(15)14-13(4,5)6;1-7-8-15-10(9(2)3)11(14)13-12(4,5)6/h5,12-13H,1,6-11H2,2-4H3,(H,16,17);8,11H,1,9-10H2,2-7H3,(H,15,16);5,10-11H,1,6-9H2,2-4H3,(H,14,15);10H,8-9H2,1-7H3,(H,14,15);7,11H,1-2,8-9H2,3-6H3,(H,14,15);9-10H,7-8H2,1-6H3,(H,13,14). The van der Waals surface area contributed by atoms with E-state index >= 15 is 0 Å². The molecule has 0 heterocycles. The monoisotopic (exact) mass is 1390 g/mol. The quantitative estimate of drug-likeness (QED) is 0.0346. The van der Waals surface area contributed by atoms with Crippen molar-refractivity contribution in [3.63, 3.8) is 0 Å². The molecule has 0 saturated heterocycles. The molecule has 0 bridgehead atoms. The van der Waals surface area contributed by atoms with Gasteiger partial charge in [-0.25, -0.2) is 0 Å². The van der Waals surface area contributed by atoms with Gasteiger partial charge in [0, 0.05) is 52.9 Å². The van der Waals surface area contributed by atoms with Crippen LogP contribution < -0.4 is 31.9 Å². The number of ether oxygens (including phenoxy) is 6. The molecule has 18 heteroatoms. The molecule has 574 valence electrons. The number of hydrogen-bond donors (Lipinski definition) is 6. The average Bonchev–Trinajstić information content (AvgIpc) is 0.936. The maximum atomic E-state index is 12.2. The van der Waals surface area contributed by atoms with Crippen LogP contribution in [0.25, 0.3) is 0 Å². The summed E-state index contributed by atoms with van der Waals surface area (Å²) in [7, 11) is 0. The molecular formula is C80H152N6O12. The highest BCUT2D eigenvalue weighted by Crippen LogP contribution is 2.35. The topological polar surface area (TPSA) is 230 Å². The van der Waals surface area contributed by atoms with Crippen LogP contribution in [0.15, 0.2) is 62.8 Å². The molecule has 0 aliphatic heterocycles. The van der Waals surface area contributed by atoms with E-state index in [1.165, 1.54) is 38.5 Å². The van der Waals surface area contributed by atoms with Gasteiger partial charge in [-0.05, 0) is 192 Å². The van der Waals surface area contributed by atoms with Gasteiger partial charge in [0.15, 0.2) is 0 Å². The predicted octanol–water partition coefficient (Wildman–Crippen LogP) is 15.8. The molecule has 2 fully saturated rings. The normalized spacial score (nSPS) is 15.5. The molecule has 6 atom stereocenters. The Morgan fingerprint density at radius 2 is 0.694 bits per heavy atom. The molecule has 6 unspecified atom stereocenters. The fraction of sp³-hybridized carbons (Fsp3) is 0.800. The first-order chi connectivity index (χ1) is 44.5. The second kappa shape index (κ2) is 49.0. The molecule has 18 nitrogen and oxygen atoms in total. The van der Waals surface area contributed by atoms with Crippen LogP contribution in [-0.4, -0.2) is 145 Å². The summed E-state index contributed by atoms with van der Waals surface area (Å²) >= 11 is 0. The smallest absolute Gasteiger partial charge is 0.250 e. The van der Waals surface area contributed by atoms with Crippen molar-refractivity contribution in [2.24, 2.45) is 28.6 Å². The van der Waals surface area contributed by atoms with E-state index in [9.17, 15) is 28.8 Å². The van der Waals surface area contributed by atoms with Crippen LogP contribution in [0.3, 0.4) is 0 Å². The SMILES string of the molecule is C=CCOC(CC(=C)C)C(=O)NC(C)(C)C.C=CCOC(CC(C)(C)C)C(=O)NC(C)(C)C.C=CCOC(CC1CC1)C(=O)NC(C)(C)C.C=CCOC(CC1CCCC1)C(=O)NC(C)(C)C.CCCOC(C(=O)NC(C)(C)C)C(C)(C)C.CCCOC(C(=O)NC(C)(C)C)C(C)C. The lowest BCUT2D eigenvalue weighted by Gasteiger charge is -2.32. The van der Waals surface area contributed by atoms with Crippen molar-refractivity contribution >= 4 is 35.4 Å². The Bertz CT molecular complexity index is 2290. The van der Waals surface area contributed by atoms with Gasteiger partial charge in [-0.1, -0.05) is 138 Å². The minimum atomic E-state index is -0.477. The third-order valence-corrected chi connectivity index (χ3v) is 13.3. The van der Waals surface area contributed by atoms with Crippen molar-refractivity contribution in [3.8, 4) is 0 Å². The molecule has 0 spiro atoms. The minimum Gasteiger partial charge on any atom is -0.368 e. The highest BCUT2D eigenvalue weighted by atomic mass is 16.5. The van der Waals surface area contributed by atoms with E-state index in [2.05, 4.69) is 85.6 Å². The van der Waals surface area contributed by atoms with Crippen LogP contribution in [0.2, 0.25) is 0 Å². The van der Waals surface area contributed by atoms with Crippen LogP contribution in [0.5, 0.6) is 0 Å². The molecule has 2 aliphatic rings. The lowest BCUT2D eigenvalue weighted by atomic mass is 9.88. The second-order valence-corrected chi connectivity index (χ2v) is 35.0. The van der Waals surface area contributed by atoms with E-state index in [-0.39, 0.29) is 110 Å². The zero-order valence-electron chi connectivity index (χ0n) is 68.2. The first kappa shape index (κ1) is 99.7.